The molecule has 1 atom stereocenters. The summed E-state index contributed by atoms with van der Waals surface area (Å²) in [6.07, 6.45) is -1.26. The minimum absolute atomic E-state index is 0.154. The number of benzene rings is 2. The summed E-state index contributed by atoms with van der Waals surface area (Å²) in [7, 11) is -3.04. The Labute approximate surface area is 118 Å². The van der Waals surface area contributed by atoms with Crippen molar-refractivity contribution in [1.29, 1.82) is 0 Å². The summed E-state index contributed by atoms with van der Waals surface area (Å²) >= 11 is 0. The number of rotatable bonds is 5. The molecule has 2 rings (SSSR count). The minimum Gasteiger partial charge on any atom is -0.386 e. The van der Waals surface area contributed by atoms with E-state index in [4.69, 9.17) is 0 Å². The first-order valence-electron chi connectivity index (χ1n) is 6.45. The van der Waals surface area contributed by atoms with E-state index in [1.165, 1.54) is 6.92 Å². The molecule has 0 amide bonds. The van der Waals surface area contributed by atoms with Gasteiger partial charge in [0.05, 0.1) is 6.16 Å². The average molecular weight is 288 g/mol. The van der Waals surface area contributed by atoms with Crippen molar-refractivity contribution in [2.45, 2.75) is 13.0 Å². The van der Waals surface area contributed by atoms with Crippen molar-refractivity contribution in [3.63, 3.8) is 0 Å². The van der Waals surface area contributed by atoms with Gasteiger partial charge in [0.15, 0.2) is 5.78 Å². The maximum Gasteiger partial charge on any atom is 0.168 e. The van der Waals surface area contributed by atoms with Crippen LogP contribution in [0.3, 0.4) is 0 Å². The maximum atomic E-state index is 13.4. The van der Waals surface area contributed by atoms with Crippen LogP contribution in [0.5, 0.6) is 0 Å². The van der Waals surface area contributed by atoms with Crippen molar-refractivity contribution in [1.82, 2.24) is 0 Å². The van der Waals surface area contributed by atoms with Crippen LogP contribution in [0.15, 0.2) is 60.7 Å². The van der Waals surface area contributed by atoms with Crippen LogP contribution >= 0.6 is 7.14 Å². The van der Waals surface area contributed by atoms with Crippen LogP contribution in [0.2, 0.25) is 0 Å². The Morgan fingerprint density at radius 2 is 1.40 bits per heavy atom. The predicted octanol–water partition coefficient (Wildman–Crippen LogP) is 1.95. The largest absolute Gasteiger partial charge is 0.386 e. The summed E-state index contributed by atoms with van der Waals surface area (Å²) in [6, 6.07) is 18.0. The van der Waals surface area contributed by atoms with Crippen molar-refractivity contribution >= 4 is 23.5 Å². The predicted molar refractivity (Wildman–Crippen MR) is 81.3 cm³/mol. The first-order valence-corrected chi connectivity index (χ1v) is 8.34. The topological polar surface area (TPSA) is 54.4 Å². The quantitative estimate of drug-likeness (QED) is 0.856. The van der Waals surface area contributed by atoms with Gasteiger partial charge in [0.1, 0.15) is 13.2 Å². The van der Waals surface area contributed by atoms with Gasteiger partial charge in [-0.3, -0.25) is 4.79 Å². The molecule has 1 N–H and O–H groups in total. The fraction of sp³-hybridized carbons (Fsp3) is 0.188. The highest BCUT2D eigenvalue weighted by Crippen LogP contribution is 2.43. The van der Waals surface area contributed by atoms with E-state index < -0.39 is 19.0 Å². The lowest BCUT2D eigenvalue weighted by Crippen LogP contribution is -2.27. The Hall–Kier alpha value is -1.70. The molecule has 0 aromatic heterocycles. The zero-order valence-corrected chi connectivity index (χ0v) is 12.2. The summed E-state index contributed by atoms with van der Waals surface area (Å²) in [5, 5.41) is 10.7. The van der Waals surface area contributed by atoms with E-state index in [1.807, 2.05) is 12.1 Å². The van der Waals surface area contributed by atoms with Crippen molar-refractivity contribution < 1.29 is 14.5 Å². The lowest BCUT2D eigenvalue weighted by molar-refractivity contribution is -0.123. The van der Waals surface area contributed by atoms with Gasteiger partial charge in [-0.15, -0.1) is 0 Å². The molecule has 0 fully saturated rings. The molecular formula is C16H17O3P. The molecule has 3 nitrogen and oxygen atoms in total. The number of aliphatic hydroxyl groups is 1. The number of hydrogen-bond donors (Lipinski definition) is 1. The molecule has 104 valence electrons. The van der Waals surface area contributed by atoms with Gasteiger partial charge < -0.3 is 9.67 Å². The molecule has 0 saturated carbocycles. The molecule has 0 aliphatic carbocycles. The number of aliphatic hydroxyl groups excluding tert-OH is 1. The Balaban J connectivity index is 2.50. The van der Waals surface area contributed by atoms with E-state index in [1.54, 1.807) is 48.5 Å². The molecule has 0 aliphatic rings. The van der Waals surface area contributed by atoms with Crippen LogP contribution in [0.1, 0.15) is 6.92 Å². The van der Waals surface area contributed by atoms with Crippen molar-refractivity contribution in [3.8, 4) is 0 Å². The standard InChI is InChI=1S/C16H17O3P/c1-13(17)16(18)12-20(19,14-8-4-2-5-9-14)15-10-6-3-7-11-15/h2-11,13,17H,12H2,1H3/t13-/m0/s1. The Kier molecular flexibility index (Phi) is 4.53. The fourth-order valence-electron chi connectivity index (χ4n) is 2.02. The summed E-state index contributed by atoms with van der Waals surface area (Å²) in [5.41, 5.74) is 0. The summed E-state index contributed by atoms with van der Waals surface area (Å²) in [5.74, 6) is -0.402. The third kappa shape index (κ3) is 3.06. The second-order valence-corrected chi connectivity index (χ2v) is 7.54. The third-order valence-electron chi connectivity index (χ3n) is 3.19. The molecular weight excluding hydrogens is 271 g/mol. The number of Topliss-reactive ketones (excluding diaryl/α,β-unsaturated/α-hetero) is 1. The van der Waals surface area contributed by atoms with Crippen LogP contribution in [0.25, 0.3) is 0 Å². The van der Waals surface area contributed by atoms with Crippen molar-refractivity contribution in [2.75, 3.05) is 6.16 Å². The minimum atomic E-state index is -3.04. The van der Waals surface area contributed by atoms with E-state index in [-0.39, 0.29) is 6.16 Å². The monoisotopic (exact) mass is 288 g/mol. The first-order chi connectivity index (χ1) is 9.54. The molecule has 0 saturated heterocycles. The van der Waals surface area contributed by atoms with Gasteiger partial charge in [0, 0.05) is 10.6 Å². The Bertz CT molecular complexity index is 577. The maximum absolute atomic E-state index is 13.4. The van der Waals surface area contributed by atoms with Crippen LogP contribution in [0, 0.1) is 0 Å². The van der Waals surface area contributed by atoms with E-state index in [0.717, 1.165) is 0 Å². The summed E-state index contributed by atoms with van der Waals surface area (Å²) < 4.78 is 13.4. The molecule has 4 heteroatoms. The highest BCUT2D eigenvalue weighted by atomic mass is 31.2. The highest BCUT2D eigenvalue weighted by molar-refractivity contribution is 7.79. The van der Waals surface area contributed by atoms with Gasteiger partial charge in [0.2, 0.25) is 0 Å². The zero-order valence-electron chi connectivity index (χ0n) is 11.3. The molecule has 0 heterocycles. The average Bonchev–Trinajstić information content (AvgIpc) is 2.48. The van der Waals surface area contributed by atoms with Gasteiger partial charge in [0.25, 0.3) is 0 Å². The van der Waals surface area contributed by atoms with Crippen LogP contribution in [-0.4, -0.2) is 23.2 Å². The zero-order chi connectivity index (χ0) is 14.6. The van der Waals surface area contributed by atoms with Crippen LogP contribution < -0.4 is 10.6 Å². The Morgan fingerprint density at radius 1 is 1.00 bits per heavy atom. The lowest BCUT2D eigenvalue weighted by atomic mass is 10.3. The van der Waals surface area contributed by atoms with Gasteiger partial charge in [-0.25, -0.2) is 0 Å². The third-order valence-corrected chi connectivity index (χ3v) is 6.21. The number of hydrogen-bond acceptors (Lipinski definition) is 3. The van der Waals surface area contributed by atoms with Crippen molar-refractivity contribution in [3.05, 3.63) is 60.7 Å². The first kappa shape index (κ1) is 14.7. The van der Waals surface area contributed by atoms with Gasteiger partial charge in [-0.1, -0.05) is 60.7 Å². The summed E-state index contributed by atoms with van der Waals surface area (Å²) in [6.45, 7) is 1.41. The molecule has 20 heavy (non-hydrogen) atoms. The summed E-state index contributed by atoms with van der Waals surface area (Å²) in [4.78, 5) is 11.9. The normalized spacial score (nSPS) is 12.9. The van der Waals surface area contributed by atoms with Gasteiger partial charge in [-0.2, -0.15) is 0 Å². The molecule has 2 aromatic rings. The van der Waals surface area contributed by atoms with E-state index in [2.05, 4.69) is 0 Å². The molecule has 0 unspecified atom stereocenters. The molecule has 0 aliphatic heterocycles. The molecule has 0 radical (unpaired) electrons. The molecule has 2 aromatic carbocycles. The van der Waals surface area contributed by atoms with E-state index in [0.29, 0.717) is 10.6 Å². The van der Waals surface area contributed by atoms with Crippen LogP contribution in [0.4, 0.5) is 0 Å². The van der Waals surface area contributed by atoms with Crippen molar-refractivity contribution in [2.24, 2.45) is 0 Å². The second-order valence-electron chi connectivity index (χ2n) is 4.71. The lowest BCUT2D eigenvalue weighted by Gasteiger charge is -2.19. The smallest absolute Gasteiger partial charge is 0.168 e. The SMILES string of the molecule is C[C@H](O)C(=O)CP(=O)(c1ccccc1)c1ccccc1. The van der Waals surface area contributed by atoms with Gasteiger partial charge in [-0.05, 0) is 6.92 Å². The van der Waals surface area contributed by atoms with E-state index in [9.17, 15) is 14.5 Å². The Morgan fingerprint density at radius 3 is 1.75 bits per heavy atom. The fourth-order valence-corrected chi connectivity index (χ4v) is 4.69. The number of carbonyl (C=O) groups excluding carboxylic acids is 1. The molecule has 0 spiro atoms. The van der Waals surface area contributed by atoms with Crippen LogP contribution in [-0.2, 0) is 9.36 Å². The van der Waals surface area contributed by atoms with Gasteiger partial charge >= 0.3 is 0 Å². The number of ketones is 1. The number of carbonyl (C=O) groups is 1. The molecule has 0 bridgehead atoms. The second kappa shape index (κ2) is 6.17. The van der Waals surface area contributed by atoms with E-state index >= 15 is 0 Å². The highest BCUT2D eigenvalue weighted by Gasteiger charge is 2.31.